The van der Waals surface area contributed by atoms with Crippen molar-refractivity contribution in [3.63, 3.8) is 0 Å². The summed E-state index contributed by atoms with van der Waals surface area (Å²) in [5, 5.41) is 3.00. The zero-order valence-electron chi connectivity index (χ0n) is 10.6. The number of hydrogen-bond donors (Lipinski definition) is 2. The van der Waals surface area contributed by atoms with E-state index < -0.39 is 5.54 Å². The second kappa shape index (κ2) is 3.59. The van der Waals surface area contributed by atoms with Crippen LogP contribution in [0.15, 0.2) is 6.33 Å². The summed E-state index contributed by atoms with van der Waals surface area (Å²) < 4.78 is 0. The molecule has 1 unspecified atom stereocenters. The van der Waals surface area contributed by atoms with Gasteiger partial charge in [-0.3, -0.25) is 9.59 Å². The van der Waals surface area contributed by atoms with Crippen molar-refractivity contribution in [1.82, 2.24) is 20.2 Å². The van der Waals surface area contributed by atoms with Gasteiger partial charge < -0.3 is 15.2 Å². The van der Waals surface area contributed by atoms with E-state index in [9.17, 15) is 9.59 Å². The van der Waals surface area contributed by atoms with Gasteiger partial charge in [-0.15, -0.1) is 0 Å². The summed E-state index contributed by atoms with van der Waals surface area (Å²) in [6, 6.07) is -0.380. The van der Waals surface area contributed by atoms with Crippen LogP contribution in [0, 0.1) is 0 Å². The number of nitrogens with one attached hydrogen (secondary N) is 2. The first-order valence-electron chi connectivity index (χ1n) is 6.84. The third kappa shape index (κ3) is 1.39. The number of carbonyl (C=O) groups excluding carboxylic acids is 2. The van der Waals surface area contributed by atoms with Gasteiger partial charge in [0.15, 0.2) is 0 Å². The molecule has 1 saturated heterocycles. The number of aromatic nitrogens is 2. The number of piperazine rings is 1. The summed E-state index contributed by atoms with van der Waals surface area (Å²) in [4.78, 5) is 34.1. The van der Waals surface area contributed by atoms with Crippen molar-refractivity contribution in [3.8, 4) is 0 Å². The minimum atomic E-state index is -0.620. The Balaban J connectivity index is 1.73. The molecule has 1 spiro atoms. The molecule has 6 nitrogen and oxygen atoms in total. The molecule has 0 radical (unpaired) electrons. The Kier molecular flexibility index (Phi) is 2.08. The molecule has 19 heavy (non-hydrogen) atoms. The van der Waals surface area contributed by atoms with E-state index in [4.69, 9.17) is 0 Å². The number of H-pyrrole nitrogens is 1. The average Bonchev–Trinajstić information content (AvgIpc) is 3.03. The van der Waals surface area contributed by atoms with Gasteiger partial charge >= 0.3 is 0 Å². The average molecular weight is 260 g/mol. The number of imidazole rings is 1. The predicted molar refractivity (Wildman–Crippen MR) is 66.0 cm³/mol. The Morgan fingerprint density at radius 3 is 2.89 bits per heavy atom. The highest BCUT2D eigenvalue weighted by molar-refractivity contribution is 6.00. The molecule has 2 N–H and O–H groups in total. The maximum atomic E-state index is 12.7. The van der Waals surface area contributed by atoms with E-state index in [1.165, 1.54) is 0 Å². The molecule has 0 aromatic carbocycles. The van der Waals surface area contributed by atoms with Crippen LogP contribution < -0.4 is 5.32 Å². The molecule has 2 fully saturated rings. The van der Waals surface area contributed by atoms with Crippen LogP contribution in [0.3, 0.4) is 0 Å². The van der Waals surface area contributed by atoms with Gasteiger partial charge in [0.1, 0.15) is 11.6 Å². The minimum absolute atomic E-state index is 0.0184. The van der Waals surface area contributed by atoms with Gasteiger partial charge in [0.25, 0.3) is 0 Å². The van der Waals surface area contributed by atoms with E-state index in [1.807, 2.05) is 0 Å². The monoisotopic (exact) mass is 260 g/mol. The molecule has 4 rings (SSSR count). The number of fused-ring (bicyclic) bond motifs is 2. The lowest BCUT2D eigenvalue weighted by molar-refractivity contribution is -0.156. The van der Waals surface area contributed by atoms with Crippen LogP contribution in [0.1, 0.15) is 37.1 Å². The van der Waals surface area contributed by atoms with Crippen molar-refractivity contribution < 1.29 is 9.59 Å². The fourth-order valence-electron chi connectivity index (χ4n) is 3.65. The smallest absolute Gasteiger partial charge is 0.249 e. The predicted octanol–water partition coefficient (Wildman–Crippen LogP) is 0.106. The highest BCUT2D eigenvalue weighted by atomic mass is 16.2. The second-order valence-corrected chi connectivity index (χ2v) is 5.76. The number of carbonyl (C=O) groups is 2. The quantitative estimate of drug-likeness (QED) is 0.694. The van der Waals surface area contributed by atoms with Crippen LogP contribution in [-0.2, 0) is 22.6 Å². The van der Waals surface area contributed by atoms with Gasteiger partial charge in [-0.25, -0.2) is 4.98 Å². The van der Waals surface area contributed by atoms with Crippen LogP contribution >= 0.6 is 0 Å². The fraction of sp³-hybridized carbons (Fsp3) is 0.615. The number of aromatic amines is 1. The lowest BCUT2D eigenvalue weighted by Crippen LogP contribution is -2.70. The van der Waals surface area contributed by atoms with Crippen LogP contribution in [0.25, 0.3) is 0 Å². The van der Waals surface area contributed by atoms with Crippen molar-refractivity contribution in [2.75, 3.05) is 0 Å². The van der Waals surface area contributed by atoms with Crippen LogP contribution in [-0.4, -0.2) is 38.3 Å². The molecule has 1 saturated carbocycles. The molecular weight excluding hydrogens is 244 g/mol. The Morgan fingerprint density at radius 2 is 2.11 bits per heavy atom. The van der Waals surface area contributed by atoms with Gasteiger partial charge in [-0.05, 0) is 12.8 Å². The van der Waals surface area contributed by atoms with Crippen molar-refractivity contribution >= 4 is 11.8 Å². The van der Waals surface area contributed by atoms with Crippen LogP contribution in [0.2, 0.25) is 0 Å². The standard InChI is InChI=1S/C13H16N4O2/c18-11-10-5-8-9(15-7-14-8)6-17(10)12(19)13(16-11)3-1-2-4-13/h7,10H,1-6H2,(H,14,15)(H,16,18). The summed E-state index contributed by atoms with van der Waals surface area (Å²) in [6.07, 6.45) is 5.73. The van der Waals surface area contributed by atoms with Gasteiger partial charge in [0, 0.05) is 6.42 Å². The van der Waals surface area contributed by atoms with Gasteiger partial charge in [-0.1, -0.05) is 12.8 Å². The van der Waals surface area contributed by atoms with E-state index in [-0.39, 0.29) is 17.9 Å². The summed E-state index contributed by atoms with van der Waals surface area (Å²) in [5.41, 5.74) is 1.25. The van der Waals surface area contributed by atoms with Gasteiger partial charge in [0.05, 0.1) is 24.3 Å². The normalized spacial score (nSPS) is 28.2. The first kappa shape index (κ1) is 11.0. The number of amides is 2. The van der Waals surface area contributed by atoms with E-state index in [1.54, 1.807) is 11.2 Å². The maximum absolute atomic E-state index is 12.7. The first-order chi connectivity index (χ1) is 9.20. The number of hydrogen-bond acceptors (Lipinski definition) is 3. The van der Waals surface area contributed by atoms with Crippen LogP contribution in [0.5, 0.6) is 0 Å². The van der Waals surface area contributed by atoms with Crippen molar-refractivity contribution in [2.45, 2.75) is 50.2 Å². The number of rotatable bonds is 0. The molecule has 2 aliphatic heterocycles. The van der Waals surface area contributed by atoms with Crippen molar-refractivity contribution in [2.24, 2.45) is 0 Å². The molecule has 1 atom stereocenters. The SMILES string of the molecule is O=C1NC2(CCCC2)C(=O)N2Cc3[nH]cnc3CC12. The Bertz CT molecular complexity index is 559. The Labute approximate surface area is 110 Å². The van der Waals surface area contributed by atoms with E-state index in [0.717, 1.165) is 37.1 Å². The molecule has 2 amide bonds. The van der Waals surface area contributed by atoms with E-state index in [0.29, 0.717) is 13.0 Å². The number of nitrogens with zero attached hydrogens (tertiary/aromatic N) is 2. The molecule has 3 aliphatic rings. The highest BCUT2D eigenvalue weighted by Gasteiger charge is 2.53. The van der Waals surface area contributed by atoms with E-state index >= 15 is 0 Å². The second-order valence-electron chi connectivity index (χ2n) is 5.76. The zero-order valence-corrected chi connectivity index (χ0v) is 10.6. The highest BCUT2D eigenvalue weighted by Crippen LogP contribution is 2.37. The van der Waals surface area contributed by atoms with Gasteiger partial charge in [0.2, 0.25) is 11.8 Å². The summed E-state index contributed by atoms with van der Waals surface area (Å²) in [7, 11) is 0. The minimum Gasteiger partial charge on any atom is -0.347 e. The molecule has 1 aromatic rings. The Morgan fingerprint density at radius 1 is 1.32 bits per heavy atom. The summed E-state index contributed by atoms with van der Waals surface area (Å²) in [6.45, 7) is 0.480. The molecule has 3 heterocycles. The zero-order chi connectivity index (χ0) is 13.0. The van der Waals surface area contributed by atoms with Gasteiger partial charge in [-0.2, -0.15) is 0 Å². The molecular formula is C13H16N4O2. The van der Waals surface area contributed by atoms with Crippen molar-refractivity contribution in [3.05, 3.63) is 17.7 Å². The molecule has 6 heteroatoms. The van der Waals surface area contributed by atoms with E-state index in [2.05, 4.69) is 15.3 Å². The fourth-order valence-corrected chi connectivity index (χ4v) is 3.65. The summed E-state index contributed by atoms with van der Waals surface area (Å²) in [5.74, 6) is 0.0741. The molecule has 1 aromatic heterocycles. The third-order valence-corrected chi connectivity index (χ3v) is 4.69. The largest absolute Gasteiger partial charge is 0.347 e. The third-order valence-electron chi connectivity index (χ3n) is 4.69. The maximum Gasteiger partial charge on any atom is 0.249 e. The van der Waals surface area contributed by atoms with Crippen LogP contribution in [0.4, 0.5) is 0 Å². The topological polar surface area (TPSA) is 78.1 Å². The molecule has 0 bridgehead atoms. The Hall–Kier alpha value is -1.85. The first-order valence-corrected chi connectivity index (χ1v) is 6.84. The lowest BCUT2D eigenvalue weighted by atomic mass is 9.87. The molecule has 1 aliphatic carbocycles. The van der Waals surface area contributed by atoms with Crippen molar-refractivity contribution in [1.29, 1.82) is 0 Å². The molecule has 100 valence electrons. The summed E-state index contributed by atoms with van der Waals surface area (Å²) >= 11 is 0. The lowest BCUT2D eigenvalue weighted by Gasteiger charge is -2.45.